The van der Waals surface area contributed by atoms with E-state index in [9.17, 15) is 19.7 Å². The fourth-order valence-corrected chi connectivity index (χ4v) is 1.30. The third kappa shape index (κ3) is 1.56. The number of carbonyl (C=O) groups is 2. The van der Waals surface area contributed by atoms with Gasteiger partial charge in [0.25, 0.3) is 0 Å². The van der Waals surface area contributed by atoms with Crippen LogP contribution in [0.3, 0.4) is 0 Å². The average Bonchev–Trinajstić information content (AvgIpc) is 2.71. The van der Waals surface area contributed by atoms with Crippen molar-refractivity contribution in [1.29, 1.82) is 0 Å². The number of carbonyl (C=O) groups excluding carboxylic acids is 2. The summed E-state index contributed by atoms with van der Waals surface area (Å²) < 4.78 is 4.30. The minimum atomic E-state index is -0.831. The molecule has 0 amide bonds. The topological polar surface area (TPSA) is 115 Å². The van der Waals surface area contributed by atoms with Gasteiger partial charge in [-0.3, -0.25) is 9.59 Å². The molecule has 1 N–H and O–H groups in total. The summed E-state index contributed by atoms with van der Waals surface area (Å²) in [5.74, 6) is -2.52. The Morgan fingerprint density at radius 3 is 2.80 bits per heavy atom. The predicted octanol–water partition coefficient (Wildman–Crippen LogP) is -0.125. The summed E-state index contributed by atoms with van der Waals surface area (Å²) in [7, 11) is 0. The Morgan fingerprint density at radius 2 is 2.33 bits per heavy atom. The molecule has 1 aliphatic rings. The summed E-state index contributed by atoms with van der Waals surface area (Å²) in [5.41, 5.74) is 0.151. The van der Waals surface area contributed by atoms with Crippen LogP contribution in [-0.2, 0) is 14.3 Å². The fraction of sp³-hybridized carbons (Fsp3) is 0.286. The Bertz CT molecular complexity index is 451. The maximum atomic E-state index is 11.1. The number of nitrogens with zero attached hydrogens (tertiary/aromatic N) is 2. The first kappa shape index (κ1) is 9.31. The first-order valence-electron chi connectivity index (χ1n) is 4.02. The summed E-state index contributed by atoms with van der Waals surface area (Å²) in [6.45, 7) is 0. The van der Waals surface area contributed by atoms with Crippen LogP contribution >= 0.6 is 0 Å². The Kier molecular flexibility index (Phi) is 1.96. The fourth-order valence-electron chi connectivity index (χ4n) is 1.30. The van der Waals surface area contributed by atoms with E-state index >= 15 is 0 Å². The number of H-pyrrole nitrogens is 1. The second-order valence-corrected chi connectivity index (χ2v) is 2.98. The van der Waals surface area contributed by atoms with Crippen molar-refractivity contribution in [1.82, 2.24) is 10.2 Å². The van der Waals surface area contributed by atoms with E-state index in [-0.39, 0.29) is 17.9 Å². The second-order valence-electron chi connectivity index (χ2n) is 2.98. The number of aromatic amines is 1. The van der Waals surface area contributed by atoms with Gasteiger partial charge in [0.2, 0.25) is 0 Å². The molecule has 2 heterocycles. The molecular weight excluding hydrogens is 206 g/mol. The summed E-state index contributed by atoms with van der Waals surface area (Å²) >= 11 is 0. The minimum absolute atomic E-state index is 0.124. The van der Waals surface area contributed by atoms with Crippen molar-refractivity contribution >= 4 is 17.8 Å². The molecule has 0 saturated carbocycles. The number of hydrogen-bond acceptors (Lipinski definition) is 6. The monoisotopic (exact) mass is 211 g/mol. The quantitative estimate of drug-likeness (QED) is 0.315. The Hall–Kier alpha value is -2.25. The number of hydrogen-bond donors (Lipinski definition) is 1. The van der Waals surface area contributed by atoms with Crippen LogP contribution in [0.1, 0.15) is 18.0 Å². The molecule has 2 rings (SSSR count). The number of aromatic nitrogens is 2. The number of esters is 2. The molecule has 1 saturated heterocycles. The zero-order valence-corrected chi connectivity index (χ0v) is 7.30. The van der Waals surface area contributed by atoms with Gasteiger partial charge in [0, 0.05) is 0 Å². The van der Waals surface area contributed by atoms with Crippen LogP contribution in [0.5, 0.6) is 0 Å². The Balaban J connectivity index is 2.26. The lowest BCUT2D eigenvalue weighted by Crippen LogP contribution is -2.05. The van der Waals surface area contributed by atoms with Crippen molar-refractivity contribution in [2.75, 3.05) is 0 Å². The highest BCUT2D eigenvalue weighted by atomic mass is 16.6. The highest BCUT2D eigenvalue weighted by molar-refractivity contribution is 5.97. The molecule has 1 atom stereocenters. The number of rotatable bonds is 2. The Morgan fingerprint density at radius 1 is 1.60 bits per heavy atom. The first-order valence-corrected chi connectivity index (χ1v) is 4.02. The lowest BCUT2D eigenvalue weighted by Gasteiger charge is -1.94. The van der Waals surface area contributed by atoms with E-state index in [1.54, 1.807) is 0 Å². The third-order valence-corrected chi connectivity index (χ3v) is 2.01. The van der Waals surface area contributed by atoms with Gasteiger partial charge >= 0.3 is 17.8 Å². The SMILES string of the molecule is O=C1CC(c2cc([N+](=O)[O-])[nH]n2)C(=O)O1. The van der Waals surface area contributed by atoms with Crippen molar-refractivity contribution in [3.63, 3.8) is 0 Å². The highest BCUT2D eigenvalue weighted by Gasteiger charge is 2.37. The predicted molar refractivity (Wildman–Crippen MR) is 43.7 cm³/mol. The normalized spacial score (nSPS) is 20.4. The largest absolute Gasteiger partial charge is 0.393 e. The molecule has 0 aliphatic carbocycles. The van der Waals surface area contributed by atoms with Gasteiger partial charge in [-0.15, -0.1) is 5.10 Å². The van der Waals surface area contributed by atoms with Gasteiger partial charge < -0.3 is 14.9 Å². The van der Waals surface area contributed by atoms with E-state index in [1.165, 1.54) is 0 Å². The molecule has 1 aromatic heterocycles. The van der Waals surface area contributed by atoms with Gasteiger partial charge in [0.05, 0.1) is 12.5 Å². The summed E-state index contributed by atoms with van der Waals surface area (Å²) in [6, 6.07) is 1.12. The molecule has 0 aromatic carbocycles. The van der Waals surface area contributed by atoms with E-state index in [2.05, 4.69) is 14.9 Å². The van der Waals surface area contributed by atoms with Crippen LogP contribution in [0.25, 0.3) is 0 Å². The highest BCUT2D eigenvalue weighted by Crippen LogP contribution is 2.27. The van der Waals surface area contributed by atoms with Gasteiger partial charge in [-0.1, -0.05) is 5.10 Å². The van der Waals surface area contributed by atoms with E-state index in [1.807, 2.05) is 0 Å². The average molecular weight is 211 g/mol. The van der Waals surface area contributed by atoms with Crippen molar-refractivity contribution in [2.45, 2.75) is 12.3 Å². The van der Waals surface area contributed by atoms with E-state index < -0.39 is 22.8 Å². The lowest BCUT2D eigenvalue weighted by molar-refractivity contribution is -0.389. The third-order valence-electron chi connectivity index (χ3n) is 2.01. The second kappa shape index (κ2) is 3.15. The molecule has 1 aliphatic heterocycles. The van der Waals surface area contributed by atoms with Crippen LogP contribution in [0, 0.1) is 10.1 Å². The zero-order valence-electron chi connectivity index (χ0n) is 7.30. The molecule has 0 bridgehead atoms. The molecule has 15 heavy (non-hydrogen) atoms. The molecule has 8 heteroatoms. The van der Waals surface area contributed by atoms with Crippen LogP contribution < -0.4 is 0 Å². The molecule has 0 spiro atoms. The number of nitrogens with one attached hydrogen (secondary N) is 1. The zero-order chi connectivity index (χ0) is 11.0. The molecular formula is C7H5N3O5. The summed E-state index contributed by atoms with van der Waals surface area (Å²) in [5, 5.41) is 16.1. The number of ether oxygens (including phenoxy) is 1. The van der Waals surface area contributed by atoms with E-state index in [0.29, 0.717) is 0 Å². The number of nitro groups is 1. The standard InChI is InChI=1S/C7H5N3O5/c11-6-1-3(7(12)15-6)4-2-5(9-8-4)10(13)14/h2-3H,1H2,(H,8,9). The van der Waals surface area contributed by atoms with Crippen LogP contribution in [0.4, 0.5) is 5.82 Å². The summed E-state index contributed by atoms with van der Waals surface area (Å²) in [6.07, 6.45) is -0.124. The minimum Gasteiger partial charge on any atom is -0.393 e. The van der Waals surface area contributed by atoms with Crippen LogP contribution in [-0.4, -0.2) is 27.1 Å². The van der Waals surface area contributed by atoms with E-state index in [0.717, 1.165) is 6.07 Å². The van der Waals surface area contributed by atoms with Gasteiger partial charge in [0.15, 0.2) is 0 Å². The Labute approximate surface area is 82.4 Å². The molecule has 1 fully saturated rings. The van der Waals surface area contributed by atoms with Crippen LogP contribution in [0.2, 0.25) is 0 Å². The molecule has 1 unspecified atom stereocenters. The van der Waals surface area contributed by atoms with Gasteiger partial charge in [-0.2, -0.15) is 0 Å². The van der Waals surface area contributed by atoms with Gasteiger partial charge in [0.1, 0.15) is 11.6 Å². The number of cyclic esters (lactones) is 2. The first-order chi connectivity index (χ1) is 7.08. The summed E-state index contributed by atoms with van der Waals surface area (Å²) in [4.78, 5) is 31.5. The maximum absolute atomic E-state index is 11.1. The van der Waals surface area contributed by atoms with Gasteiger partial charge in [-0.25, -0.2) is 0 Å². The molecule has 78 valence electrons. The lowest BCUT2D eigenvalue weighted by atomic mass is 10.0. The maximum Gasteiger partial charge on any atom is 0.342 e. The van der Waals surface area contributed by atoms with Crippen molar-refractivity contribution < 1.29 is 19.2 Å². The van der Waals surface area contributed by atoms with Gasteiger partial charge in [-0.05, 0) is 4.92 Å². The van der Waals surface area contributed by atoms with Crippen LogP contribution in [0.15, 0.2) is 6.07 Å². The molecule has 8 nitrogen and oxygen atoms in total. The van der Waals surface area contributed by atoms with Crippen molar-refractivity contribution in [3.8, 4) is 0 Å². The van der Waals surface area contributed by atoms with Crippen molar-refractivity contribution in [3.05, 3.63) is 21.9 Å². The molecule has 0 radical (unpaired) electrons. The van der Waals surface area contributed by atoms with E-state index in [4.69, 9.17) is 0 Å². The van der Waals surface area contributed by atoms with Crippen molar-refractivity contribution in [2.24, 2.45) is 0 Å². The smallest absolute Gasteiger partial charge is 0.342 e. The molecule has 1 aromatic rings.